The molecule has 0 bridgehead atoms. The summed E-state index contributed by atoms with van der Waals surface area (Å²) in [5.41, 5.74) is 2.38. The van der Waals surface area contributed by atoms with Crippen molar-refractivity contribution in [2.45, 2.75) is 77.1 Å². The Hall–Kier alpha value is -2.08. The van der Waals surface area contributed by atoms with Gasteiger partial charge in [-0.25, -0.2) is 0 Å². The Bertz CT molecular complexity index is 832. The minimum Gasteiger partial charge on any atom is -0.494 e. The van der Waals surface area contributed by atoms with Crippen LogP contribution in [-0.2, 0) is 14.2 Å². The van der Waals surface area contributed by atoms with Crippen LogP contribution in [0.1, 0.15) is 71.1 Å². The Morgan fingerprint density at radius 2 is 1.29 bits per heavy atom. The van der Waals surface area contributed by atoms with Crippen LogP contribution in [-0.4, -0.2) is 39.0 Å². The third kappa shape index (κ3) is 8.23. The summed E-state index contributed by atoms with van der Waals surface area (Å²) < 4.78 is 29.1. The summed E-state index contributed by atoms with van der Waals surface area (Å²) in [6.45, 7) is 6.02. The maximum Gasteiger partial charge on any atom is 0.282 e. The van der Waals surface area contributed by atoms with Gasteiger partial charge in [0.1, 0.15) is 11.5 Å². The summed E-state index contributed by atoms with van der Waals surface area (Å²) in [6.07, 6.45) is 11.4. The lowest BCUT2D eigenvalue weighted by molar-refractivity contribution is -0.390. The number of ether oxygens (including phenoxy) is 5. The fraction of sp³-hybridized carbons (Fsp3) is 0.600. The van der Waals surface area contributed by atoms with Gasteiger partial charge in [0.05, 0.1) is 33.0 Å². The molecule has 2 aromatic rings. The van der Waals surface area contributed by atoms with Gasteiger partial charge in [-0.15, -0.1) is 0 Å². The van der Waals surface area contributed by atoms with Crippen LogP contribution in [0.3, 0.4) is 0 Å². The lowest BCUT2D eigenvalue weighted by Crippen LogP contribution is -2.43. The van der Waals surface area contributed by atoms with Crippen LogP contribution >= 0.6 is 0 Å². The summed E-state index contributed by atoms with van der Waals surface area (Å²) >= 11 is 0. The van der Waals surface area contributed by atoms with Crippen LogP contribution in [0.4, 0.5) is 0 Å². The van der Waals surface area contributed by atoms with E-state index in [2.05, 4.69) is 43.3 Å². The van der Waals surface area contributed by atoms with E-state index in [1.165, 1.54) is 43.2 Å². The van der Waals surface area contributed by atoms with Crippen molar-refractivity contribution in [2.75, 3.05) is 33.0 Å². The van der Waals surface area contributed by atoms with Gasteiger partial charge in [0.25, 0.3) is 5.97 Å². The predicted molar refractivity (Wildman–Crippen MR) is 139 cm³/mol. The van der Waals surface area contributed by atoms with E-state index in [1.54, 1.807) is 0 Å². The third-order valence-electron chi connectivity index (χ3n) is 6.86. The van der Waals surface area contributed by atoms with E-state index < -0.39 is 5.97 Å². The normalized spacial score (nSPS) is 21.9. The number of rotatable bonds is 14. The van der Waals surface area contributed by atoms with Gasteiger partial charge in [-0.3, -0.25) is 0 Å². The van der Waals surface area contributed by atoms with Gasteiger partial charge >= 0.3 is 0 Å². The van der Waals surface area contributed by atoms with Gasteiger partial charge in [-0.2, -0.15) is 0 Å². The van der Waals surface area contributed by atoms with Crippen molar-refractivity contribution in [3.63, 3.8) is 0 Å². The van der Waals surface area contributed by atoms with E-state index in [-0.39, 0.29) is 0 Å². The monoisotopic (exact) mass is 482 g/mol. The van der Waals surface area contributed by atoms with Gasteiger partial charge in [0.2, 0.25) is 0 Å². The highest BCUT2D eigenvalue weighted by atomic mass is 16.9. The largest absolute Gasteiger partial charge is 0.494 e. The van der Waals surface area contributed by atoms with Gasteiger partial charge in [-0.05, 0) is 61.1 Å². The number of benzene rings is 2. The average molecular weight is 483 g/mol. The molecule has 1 spiro atoms. The molecule has 2 aromatic carbocycles. The molecule has 4 rings (SSSR count). The van der Waals surface area contributed by atoms with Crippen LogP contribution in [0.5, 0.6) is 11.5 Å². The van der Waals surface area contributed by atoms with Crippen molar-refractivity contribution in [1.29, 1.82) is 0 Å². The Kier molecular flexibility index (Phi) is 10.3. The minimum atomic E-state index is -0.703. The fourth-order valence-electron chi connectivity index (χ4n) is 4.64. The first-order valence-corrected chi connectivity index (χ1v) is 13.6. The zero-order valence-electron chi connectivity index (χ0n) is 21.3. The first-order chi connectivity index (χ1) is 17.3. The van der Waals surface area contributed by atoms with E-state index in [0.717, 1.165) is 76.6 Å². The summed E-state index contributed by atoms with van der Waals surface area (Å²) in [5.74, 6) is 1.68. The molecule has 2 heterocycles. The molecular weight excluding hydrogens is 440 g/mol. The van der Waals surface area contributed by atoms with Gasteiger partial charge in [-0.1, -0.05) is 63.3 Å². The SMILES string of the molecule is CCCCOc1ccc(-c2ccc(OCCCCCCCC3COC4(CCCO4)OC3)cc2)cc1. The molecule has 0 unspecified atom stereocenters. The van der Waals surface area contributed by atoms with Crippen LogP contribution in [0, 0.1) is 5.92 Å². The molecular formula is C30H42O5. The molecule has 0 amide bonds. The van der Waals surface area contributed by atoms with Gasteiger partial charge in [0.15, 0.2) is 0 Å². The molecule has 2 fully saturated rings. The number of hydrogen-bond donors (Lipinski definition) is 0. The number of hydrogen-bond acceptors (Lipinski definition) is 5. The molecule has 0 aromatic heterocycles. The van der Waals surface area contributed by atoms with E-state index >= 15 is 0 Å². The van der Waals surface area contributed by atoms with Crippen molar-refractivity contribution in [2.24, 2.45) is 5.92 Å². The molecule has 2 aliphatic heterocycles. The first kappa shape index (κ1) is 26.0. The second kappa shape index (κ2) is 13.9. The summed E-state index contributed by atoms with van der Waals surface area (Å²) in [4.78, 5) is 0. The van der Waals surface area contributed by atoms with Crippen molar-refractivity contribution in [3.8, 4) is 22.6 Å². The van der Waals surface area contributed by atoms with Crippen LogP contribution in [0.25, 0.3) is 11.1 Å². The summed E-state index contributed by atoms with van der Waals surface area (Å²) in [5, 5.41) is 0. The highest BCUT2D eigenvalue weighted by molar-refractivity contribution is 5.64. The zero-order valence-corrected chi connectivity index (χ0v) is 21.3. The minimum absolute atomic E-state index is 0.508. The summed E-state index contributed by atoms with van der Waals surface area (Å²) in [7, 11) is 0. The second-order valence-corrected chi connectivity index (χ2v) is 9.78. The Balaban J connectivity index is 1.04. The van der Waals surface area contributed by atoms with Gasteiger partial charge in [0, 0.05) is 12.3 Å². The third-order valence-corrected chi connectivity index (χ3v) is 6.86. The quantitative estimate of drug-likeness (QED) is 0.263. The molecule has 5 heteroatoms. The maximum atomic E-state index is 5.95. The van der Waals surface area contributed by atoms with E-state index in [9.17, 15) is 0 Å². The van der Waals surface area contributed by atoms with Crippen molar-refractivity contribution < 1.29 is 23.7 Å². The topological polar surface area (TPSA) is 46.2 Å². The fourth-order valence-corrected chi connectivity index (χ4v) is 4.64. The highest BCUT2D eigenvalue weighted by Crippen LogP contribution is 2.33. The Labute approximate surface area is 211 Å². The predicted octanol–water partition coefficient (Wildman–Crippen LogP) is 7.38. The first-order valence-electron chi connectivity index (χ1n) is 13.6. The molecule has 0 atom stereocenters. The van der Waals surface area contributed by atoms with Crippen molar-refractivity contribution >= 4 is 0 Å². The zero-order chi connectivity index (χ0) is 24.2. The molecule has 2 saturated heterocycles. The number of unbranched alkanes of at least 4 members (excludes halogenated alkanes) is 5. The molecule has 192 valence electrons. The van der Waals surface area contributed by atoms with Crippen LogP contribution in [0.15, 0.2) is 48.5 Å². The lowest BCUT2D eigenvalue weighted by atomic mass is 10.0. The lowest BCUT2D eigenvalue weighted by Gasteiger charge is -2.36. The van der Waals surface area contributed by atoms with E-state index in [4.69, 9.17) is 23.7 Å². The smallest absolute Gasteiger partial charge is 0.282 e. The average Bonchev–Trinajstić information content (AvgIpc) is 3.36. The highest BCUT2D eigenvalue weighted by Gasteiger charge is 2.41. The van der Waals surface area contributed by atoms with Crippen LogP contribution in [0.2, 0.25) is 0 Å². The standard InChI is InChI=1S/C30H42O5/c1-2-3-20-31-28-15-11-26(12-16-28)27-13-17-29(18-14-27)32-21-8-6-4-5-7-10-25-23-34-30(35-24-25)19-9-22-33-30/h11-18,25H,2-10,19-24H2,1H3. The van der Waals surface area contributed by atoms with E-state index in [0.29, 0.717) is 5.92 Å². The molecule has 0 saturated carbocycles. The van der Waals surface area contributed by atoms with E-state index in [1.807, 2.05) is 12.1 Å². The molecule has 35 heavy (non-hydrogen) atoms. The van der Waals surface area contributed by atoms with Crippen LogP contribution < -0.4 is 9.47 Å². The molecule has 0 radical (unpaired) electrons. The summed E-state index contributed by atoms with van der Waals surface area (Å²) in [6, 6.07) is 16.7. The van der Waals surface area contributed by atoms with Crippen molar-refractivity contribution in [3.05, 3.63) is 48.5 Å². The Morgan fingerprint density at radius 3 is 1.86 bits per heavy atom. The van der Waals surface area contributed by atoms with Gasteiger partial charge < -0.3 is 23.7 Å². The molecule has 0 aliphatic carbocycles. The maximum absolute atomic E-state index is 5.95. The molecule has 5 nitrogen and oxygen atoms in total. The molecule has 0 N–H and O–H groups in total. The molecule has 2 aliphatic rings. The van der Waals surface area contributed by atoms with Crippen molar-refractivity contribution in [1.82, 2.24) is 0 Å². The Morgan fingerprint density at radius 1 is 0.714 bits per heavy atom. The second-order valence-electron chi connectivity index (χ2n) is 9.78.